The summed E-state index contributed by atoms with van der Waals surface area (Å²) in [6, 6.07) is 11.4. The Bertz CT molecular complexity index is 1220. The molecule has 4 rings (SSSR count). The molecule has 136 valence electrons. The number of benzene rings is 1. The van der Waals surface area contributed by atoms with Gasteiger partial charge < -0.3 is 5.32 Å². The molecule has 0 aliphatic carbocycles. The molecule has 0 aliphatic heterocycles. The van der Waals surface area contributed by atoms with E-state index in [-0.39, 0.29) is 23.7 Å². The van der Waals surface area contributed by atoms with E-state index in [2.05, 4.69) is 20.5 Å². The molecule has 27 heavy (non-hydrogen) atoms. The second kappa shape index (κ2) is 6.64. The topological polar surface area (TPSA) is 94.2 Å². The van der Waals surface area contributed by atoms with Crippen LogP contribution in [0.3, 0.4) is 0 Å². The maximum Gasteiger partial charge on any atom is 0.297 e. The van der Waals surface area contributed by atoms with Crippen molar-refractivity contribution in [3.63, 3.8) is 0 Å². The Hall–Kier alpha value is -3.55. The minimum atomic E-state index is -0.373. The zero-order valence-electron chi connectivity index (χ0n) is 15.0. The molecule has 1 amide bonds. The van der Waals surface area contributed by atoms with Crippen LogP contribution in [0, 0.1) is 13.8 Å². The lowest BCUT2D eigenvalue weighted by atomic mass is 10.1. The molecule has 0 spiro atoms. The molecule has 0 unspecified atom stereocenters. The number of aromatic nitrogens is 5. The fourth-order valence-corrected chi connectivity index (χ4v) is 3.14. The van der Waals surface area contributed by atoms with Crippen LogP contribution < -0.4 is 10.9 Å². The quantitative estimate of drug-likeness (QED) is 0.592. The number of carbonyl (C=O) groups is 1. The van der Waals surface area contributed by atoms with E-state index in [1.54, 1.807) is 29.7 Å². The van der Waals surface area contributed by atoms with Gasteiger partial charge in [-0.1, -0.05) is 29.8 Å². The third-order valence-electron chi connectivity index (χ3n) is 4.40. The van der Waals surface area contributed by atoms with Gasteiger partial charge in [0.25, 0.3) is 5.56 Å². The Balaban J connectivity index is 1.67. The van der Waals surface area contributed by atoms with Crippen molar-refractivity contribution in [2.45, 2.75) is 26.9 Å². The van der Waals surface area contributed by atoms with Gasteiger partial charge in [-0.15, -0.1) is 10.2 Å². The number of nitrogens with zero attached hydrogens (tertiary/aromatic N) is 5. The van der Waals surface area contributed by atoms with Crippen LogP contribution in [0.4, 0.5) is 0 Å². The predicted octanol–water partition coefficient (Wildman–Crippen LogP) is 1.37. The number of nitrogens with one attached hydrogen (secondary N) is 1. The van der Waals surface area contributed by atoms with Crippen LogP contribution in [0.2, 0.25) is 0 Å². The van der Waals surface area contributed by atoms with E-state index in [9.17, 15) is 9.59 Å². The van der Waals surface area contributed by atoms with Crippen LogP contribution in [-0.4, -0.2) is 30.1 Å². The molecular formula is C19H18N6O2. The van der Waals surface area contributed by atoms with E-state index < -0.39 is 0 Å². The van der Waals surface area contributed by atoms with Gasteiger partial charge in [-0.3, -0.25) is 18.6 Å². The maximum atomic E-state index is 12.8. The Kier molecular flexibility index (Phi) is 4.15. The lowest BCUT2D eigenvalue weighted by Gasteiger charge is -2.12. The average Bonchev–Trinajstić information content (AvgIpc) is 3.05. The standard InChI is InChI=1S/C19H18N6O2/c1-12-5-3-6-14(9-12)10-21-16(26)11-24-15-7-4-8-20-17(15)25-13(2)22-23-18(25)19(24)27/h3-9H,10-11H2,1-2H3,(H,21,26). The fourth-order valence-electron chi connectivity index (χ4n) is 3.14. The lowest BCUT2D eigenvalue weighted by molar-refractivity contribution is -0.121. The summed E-state index contributed by atoms with van der Waals surface area (Å²) < 4.78 is 3.00. The smallest absolute Gasteiger partial charge is 0.297 e. The molecule has 4 aromatic rings. The fraction of sp³-hybridized carbons (Fsp3) is 0.211. The zero-order valence-corrected chi connectivity index (χ0v) is 15.0. The highest BCUT2D eigenvalue weighted by Gasteiger charge is 2.17. The first-order chi connectivity index (χ1) is 13.0. The summed E-state index contributed by atoms with van der Waals surface area (Å²) >= 11 is 0. The van der Waals surface area contributed by atoms with Gasteiger partial charge in [0, 0.05) is 12.7 Å². The summed E-state index contributed by atoms with van der Waals surface area (Å²) in [6.45, 7) is 4.04. The molecule has 1 N–H and O–H groups in total. The molecule has 0 bridgehead atoms. The van der Waals surface area contributed by atoms with Crippen LogP contribution in [-0.2, 0) is 17.9 Å². The predicted molar refractivity (Wildman–Crippen MR) is 100 cm³/mol. The van der Waals surface area contributed by atoms with Crippen molar-refractivity contribution in [3.8, 4) is 0 Å². The van der Waals surface area contributed by atoms with Crippen molar-refractivity contribution < 1.29 is 4.79 Å². The van der Waals surface area contributed by atoms with Crippen molar-refractivity contribution >= 4 is 22.7 Å². The molecule has 8 heteroatoms. The minimum absolute atomic E-state index is 0.116. The van der Waals surface area contributed by atoms with Crippen molar-refractivity contribution in [1.82, 2.24) is 29.5 Å². The van der Waals surface area contributed by atoms with E-state index in [1.165, 1.54) is 4.57 Å². The van der Waals surface area contributed by atoms with E-state index in [0.29, 0.717) is 23.5 Å². The van der Waals surface area contributed by atoms with Gasteiger partial charge in [0.05, 0.1) is 5.52 Å². The summed E-state index contributed by atoms with van der Waals surface area (Å²) in [5, 5.41) is 10.8. The van der Waals surface area contributed by atoms with E-state index in [0.717, 1.165) is 11.1 Å². The monoisotopic (exact) mass is 362 g/mol. The van der Waals surface area contributed by atoms with E-state index >= 15 is 0 Å². The molecule has 0 fully saturated rings. The highest BCUT2D eigenvalue weighted by atomic mass is 16.2. The minimum Gasteiger partial charge on any atom is -0.350 e. The zero-order chi connectivity index (χ0) is 19.0. The summed E-state index contributed by atoms with van der Waals surface area (Å²) in [5.74, 6) is 0.311. The van der Waals surface area contributed by atoms with Crippen molar-refractivity contribution in [2.75, 3.05) is 0 Å². The first-order valence-corrected chi connectivity index (χ1v) is 8.56. The largest absolute Gasteiger partial charge is 0.350 e. The first-order valence-electron chi connectivity index (χ1n) is 8.56. The molecule has 8 nitrogen and oxygen atoms in total. The van der Waals surface area contributed by atoms with Crippen molar-refractivity contribution in [2.24, 2.45) is 0 Å². The number of amides is 1. The lowest BCUT2D eigenvalue weighted by Crippen LogP contribution is -2.33. The Morgan fingerprint density at radius 1 is 1.11 bits per heavy atom. The van der Waals surface area contributed by atoms with Crippen LogP contribution in [0.1, 0.15) is 17.0 Å². The van der Waals surface area contributed by atoms with Crippen LogP contribution in [0.15, 0.2) is 47.4 Å². The van der Waals surface area contributed by atoms with Crippen molar-refractivity contribution in [3.05, 3.63) is 69.9 Å². The van der Waals surface area contributed by atoms with Crippen LogP contribution in [0.5, 0.6) is 0 Å². The normalized spacial score (nSPS) is 11.2. The molecular weight excluding hydrogens is 344 g/mol. The maximum absolute atomic E-state index is 12.8. The second-order valence-corrected chi connectivity index (χ2v) is 6.41. The number of pyridine rings is 1. The second-order valence-electron chi connectivity index (χ2n) is 6.41. The molecule has 0 saturated heterocycles. The molecule has 0 aliphatic rings. The molecule has 3 aromatic heterocycles. The van der Waals surface area contributed by atoms with Crippen LogP contribution in [0.25, 0.3) is 16.8 Å². The SMILES string of the molecule is Cc1cccc(CNC(=O)Cn2c(=O)c3nnc(C)n3c3ncccc32)c1. The molecule has 0 saturated carbocycles. The summed E-state index contributed by atoms with van der Waals surface area (Å²) in [7, 11) is 0. The van der Waals surface area contributed by atoms with Gasteiger partial charge in [-0.25, -0.2) is 4.98 Å². The van der Waals surface area contributed by atoms with E-state index in [1.807, 2.05) is 31.2 Å². The number of rotatable bonds is 4. The molecule has 0 atom stereocenters. The summed E-state index contributed by atoms with van der Waals surface area (Å²) in [4.78, 5) is 29.7. The Labute approximate surface area is 154 Å². The number of aryl methyl sites for hydroxylation is 2. The Morgan fingerprint density at radius 3 is 2.78 bits per heavy atom. The summed E-state index contributed by atoms with van der Waals surface area (Å²) in [6.07, 6.45) is 1.63. The molecule has 0 radical (unpaired) electrons. The van der Waals surface area contributed by atoms with Gasteiger partial charge in [0.15, 0.2) is 5.65 Å². The van der Waals surface area contributed by atoms with Gasteiger partial charge >= 0.3 is 0 Å². The van der Waals surface area contributed by atoms with Gasteiger partial charge in [-0.2, -0.15) is 0 Å². The van der Waals surface area contributed by atoms with Gasteiger partial charge in [0.2, 0.25) is 11.6 Å². The highest BCUT2D eigenvalue weighted by Crippen LogP contribution is 2.12. The average molecular weight is 362 g/mol. The third kappa shape index (κ3) is 3.05. The summed E-state index contributed by atoms with van der Waals surface area (Å²) in [5.41, 5.74) is 3.02. The van der Waals surface area contributed by atoms with Gasteiger partial charge in [0.1, 0.15) is 12.4 Å². The Morgan fingerprint density at radius 2 is 1.96 bits per heavy atom. The molecule has 3 heterocycles. The number of fused-ring (bicyclic) bond motifs is 3. The number of hydrogen-bond donors (Lipinski definition) is 1. The van der Waals surface area contributed by atoms with E-state index in [4.69, 9.17) is 0 Å². The highest BCUT2D eigenvalue weighted by molar-refractivity contribution is 5.80. The van der Waals surface area contributed by atoms with Crippen LogP contribution >= 0.6 is 0 Å². The van der Waals surface area contributed by atoms with Gasteiger partial charge in [-0.05, 0) is 31.5 Å². The van der Waals surface area contributed by atoms with Crippen molar-refractivity contribution in [1.29, 1.82) is 0 Å². The number of carbonyl (C=O) groups excluding carboxylic acids is 1. The molecule has 1 aromatic carbocycles. The number of hydrogen-bond acceptors (Lipinski definition) is 5. The first kappa shape index (κ1) is 16.9. The third-order valence-corrected chi connectivity index (χ3v) is 4.40.